The molecule has 0 unspecified atom stereocenters. The molecular weight excluding hydrogens is 184 g/mol. The average Bonchev–Trinajstić information content (AvgIpc) is 2.20. The van der Waals surface area contributed by atoms with Gasteiger partial charge in [-0.05, 0) is 38.4 Å². The van der Waals surface area contributed by atoms with Gasteiger partial charge in [-0.2, -0.15) is 0 Å². The molecule has 0 saturated carbocycles. The summed E-state index contributed by atoms with van der Waals surface area (Å²) in [4.78, 5) is 0. The Morgan fingerprint density at radius 3 is 2.53 bits per heavy atom. The lowest BCUT2D eigenvalue weighted by Gasteiger charge is -2.10. The second-order valence-electron chi connectivity index (χ2n) is 4.00. The second kappa shape index (κ2) is 6.46. The van der Waals surface area contributed by atoms with Crippen LogP contribution in [0.3, 0.4) is 0 Å². The molecule has 0 radical (unpaired) electrons. The van der Waals surface area contributed by atoms with E-state index in [4.69, 9.17) is 0 Å². The number of rotatable bonds is 6. The summed E-state index contributed by atoms with van der Waals surface area (Å²) in [7, 11) is 0. The van der Waals surface area contributed by atoms with E-state index in [9.17, 15) is 0 Å². The van der Waals surface area contributed by atoms with Crippen molar-refractivity contribution < 1.29 is 0 Å². The standard InChI is InChI=1S/C13H22N2/c1-4-7-14-8-9-15-13-6-5-11(2)10-12(13)3/h5-6,10,14-15H,4,7-9H2,1-3H3. The smallest absolute Gasteiger partial charge is 0.0370 e. The molecule has 15 heavy (non-hydrogen) atoms. The van der Waals surface area contributed by atoms with Crippen LogP contribution in [0.2, 0.25) is 0 Å². The van der Waals surface area contributed by atoms with Crippen LogP contribution in [-0.4, -0.2) is 19.6 Å². The molecule has 0 bridgehead atoms. The number of anilines is 1. The van der Waals surface area contributed by atoms with Crippen LogP contribution < -0.4 is 10.6 Å². The van der Waals surface area contributed by atoms with Gasteiger partial charge in [0, 0.05) is 18.8 Å². The molecule has 1 aromatic rings. The SMILES string of the molecule is CCCNCCNc1ccc(C)cc1C. The number of hydrogen-bond donors (Lipinski definition) is 2. The maximum absolute atomic E-state index is 3.44. The Balaban J connectivity index is 2.31. The fourth-order valence-electron chi connectivity index (χ4n) is 1.60. The third-order valence-electron chi connectivity index (χ3n) is 2.43. The second-order valence-corrected chi connectivity index (χ2v) is 4.00. The molecule has 0 aliphatic carbocycles. The van der Waals surface area contributed by atoms with E-state index < -0.39 is 0 Å². The van der Waals surface area contributed by atoms with Gasteiger partial charge >= 0.3 is 0 Å². The number of benzene rings is 1. The fourth-order valence-corrected chi connectivity index (χ4v) is 1.60. The van der Waals surface area contributed by atoms with Gasteiger partial charge in [-0.15, -0.1) is 0 Å². The highest BCUT2D eigenvalue weighted by molar-refractivity contribution is 5.51. The van der Waals surface area contributed by atoms with Crippen molar-refractivity contribution in [2.45, 2.75) is 27.2 Å². The molecule has 0 atom stereocenters. The van der Waals surface area contributed by atoms with E-state index in [0.29, 0.717) is 0 Å². The van der Waals surface area contributed by atoms with Crippen LogP contribution >= 0.6 is 0 Å². The summed E-state index contributed by atoms with van der Waals surface area (Å²) in [6, 6.07) is 6.51. The van der Waals surface area contributed by atoms with Gasteiger partial charge in [0.1, 0.15) is 0 Å². The van der Waals surface area contributed by atoms with Crippen molar-refractivity contribution in [2.24, 2.45) is 0 Å². The van der Waals surface area contributed by atoms with Gasteiger partial charge in [0.25, 0.3) is 0 Å². The first kappa shape index (κ1) is 12.1. The van der Waals surface area contributed by atoms with Crippen LogP contribution in [0.15, 0.2) is 18.2 Å². The van der Waals surface area contributed by atoms with Crippen molar-refractivity contribution in [1.82, 2.24) is 5.32 Å². The van der Waals surface area contributed by atoms with Gasteiger partial charge in [-0.1, -0.05) is 24.6 Å². The van der Waals surface area contributed by atoms with Crippen molar-refractivity contribution in [3.63, 3.8) is 0 Å². The molecule has 0 aliphatic heterocycles. The quantitative estimate of drug-likeness (QED) is 0.699. The van der Waals surface area contributed by atoms with Crippen LogP contribution in [-0.2, 0) is 0 Å². The normalized spacial score (nSPS) is 10.3. The first-order valence-corrected chi connectivity index (χ1v) is 5.76. The lowest BCUT2D eigenvalue weighted by Crippen LogP contribution is -2.22. The molecule has 84 valence electrons. The lowest BCUT2D eigenvalue weighted by molar-refractivity contribution is 0.687. The maximum atomic E-state index is 3.44. The summed E-state index contributed by atoms with van der Waals surface area (Å²) in [5, 5.41) is 6.81. The number of nitrogens with one attached hydrogen (secondary N) is 2. The molecule has 0 heterocycles. The predicted octanol–water partition coefficient (Wildman–Crippen LogP) is 2.71. The molecule has 1 rings (SSSR count). The van der Waals surface area contributed by atoms with Crippen molar-refractivity contribution >= 4 is 5.69 Å². The van der Waals surface area contributed by atoms with E-state index in [1.807, 2.05) is 0 Å². The zero-order chi connectivity index (χ0) is 11.1. The minimum absolute atomic E-state index is 0.990. The largest absolute Gasteiger partial charge is 0.384 e. The van der Waals surface area contributed by atoms with Crippen LogP contribution in [0.1, 0.15) is 24.5 Å². The third-order valence-corrected chi connectivity index (χ3v) is 2.43. The maximum Gasteiger partial charge on any atom is 0.0370 e. The summed E-state index contributed by atoms with van der Waals surface area (Å²) >= 11 is 0. The molecule has 2 heteroatoms. The highest BCUT2D eigenvalue weighted by Gasteiger charge is 1.96. The van der Waals surface area contributed by atoms with Crippen LogP contribution in [0.25, 0.3) is 0 Å². The van der Waals surface area contributed by atoms with Gasteiger partial charge in [-0.3, -0.25) is 0 Å². The lowest BCUT2D eigenvalue weighted by atomic mass is 10.1. The van der Waals surface area contributed by atoms with Crippen molar-refractivity contribution in [3.05, 3.63) is 29.3 Å². The van der Waals surface area contributed by atoms with E-state index in [-0.39, 0.29) is 0 Å². The summed E-state index contributed by atoms with van der Waals surface area (Å²) in [6.07, 6.45) is 1.20. The van der Waals surface area contributed by atoms with Gasteiger partial charge in [0.05, 0.1) is 0 Å². The Morgan fingerprint density at radius 2 is 1.87 bits per heavy atom. The Bertz CT molecular complexity index is 295. The van der Waals surface area contributed by atoms with Crippen LogP contribution in [0, 0.1) is 13.8 Å². The molecule has 0 fully saturated rings. The number of hydrogen-bond acceptors (Lipinski definition) is 2. The molecule has 2 nitrogen and oxygen atoms in total. The molecular formula is C13H22N2. The van der Waals surface area contributed by atoms with E-state index in [1.165, 1.54) is 23.2 Å². The third kappa shape index (κ3) is 4.34. The minimum atomic E-state index is 0.990. The highest BCUT2D eigenvalue weighted by Crippen LogP contribution is 2.15. The van der Waals surface area contributed by atoms with E-state index in [1.54, 1.807) is 0 Å². The zero-order valence-corrected chi connectivity index (χ0v) is 10.1. The summed E-state index contributed by atoms with van der Waals surface area (Å²) in [5.41, 5.74) is 3.89. The van der Waals surface area contributed by atoms with E-state index in [2.05, 4.69) is 49.6 Å². The Labute approximate surface area is 93.1 Å². The van der Waals surface area contributed by atoms with Gasteiger partial charge in [0.15, 0.2) is 0 Å². The Hall–Kier alpha value is -1.02. The van der Waals surface area contributed by atoms with Gasteiger partial charge in [0.2, 0.25) is 0 Å². The van der Waals surface area contributed by atoms with Gasteiger partial charge in [-0.25, -0.2) is 0 Å². The van der Waals surface area contributed by atoms with Gasteiger partial charge < -0.3 is 10.6 Å². The molecule has 2 N–H and O–H groups in total. The highest BCUT2D eigenvalue weighted by atomic mass is 14.9. The summed E-state index contributed by atoms with van der Waals surface area (Å²) in [6.45, 7) is 9.58. The van der Waals surface area contributed by atoms with E-state index in [0.717, 1.165) is 19.6 Å². The van der Waals surface area contributed by atoms with Crippen LogP contribution in [0.5, 0.6) is 0 Å². The summed E-state index contributed by atoms with van der Waals surface area (Å²) < 4.78 is 0. The first-order chi connectivity index (χ1) is 7.24. The van der Waals surface area contributed by atoms with Crippen molar-refractivity contribution in [2.75, 3.05) is 25.0 Å². The predicted molar refractivity (Wildman–Crippen MR) is 67.6 cm³/mol. The average molecular weight is 206 g/mol. The fraction of sp³-hybridized carbons (Fsp3) is 0.538. The first-order valence-electron chi connectivity index (χ1n) is 5.76. The molecule has 0 aliphatic rings. The molecule has 0 spiro atoms. The summed E-state index contributed by atoms with van der Waals surface area (Å²) in [5.74, 6) is 0. The number of aryl methyl sites for hydroxylation is 2. The minimum Gasteiger partial charge on any atom is -0.384 e. The molecule has 0 saturated heterocycles. The molecule has 0 amide bonds. The molecule has 1 aromatic carbocycles. The zero-order valence-electron chi connectivity index (χ0n) is 10.1. The molecule has 0 aromatic heterocycles. The van der Waals surface area contributed by atoms with Crippen molar-refractivity contribution in [3.8, 4) is 0 Å². The Morgan fingerprint density at radius 1 is 1.07 bits per heavy atom. The van der Waals surface area contributed by atoms with E-state index >= 15 is 0 Å². The Kier molecular flexibility index (Phi) is 5.19. The van der Waals surface area contributed by atoms with Crippen molar-refractivity contribution in [1.29, 1.82) is 0 Å². The van der Waals surface area contributed by atoms with Crippen LogP contribution in [0.4, 0.5) is 5.69 Å². The topological polar surface area (TPSA) is 24.1 Å². The monoisotopic (exact) mass is 206 g/mol.